The second-order valence-electron chi connectivity index (χ2n) is 4.95. The third-order valence-corrected chi connectivity index (χ3v) is 3.28. The Balaban J connectivity index is 1.93. The van der Waals surface area contributed by atoms with E-state index in [1.807, 2.05) is 43.3 Å². The molecule has 1 heterocycles. The number of hydrogen-bond acceptors (Lipinski definition) is 3. The van der Waals surface area contributed by atoms with Crippen LogP contribution in [-0.2, 0) is 0 Å². The van der Waals surface area contributed by atoms with Gasteiger partial charge in [-0.15, -0.1) is 0 Å². The molecule has 3 rings (SSSR count). The fourth-order valence-electron chi connectivity index (χ4n) is 2.10. The molecular formula is C17H15FN2O. The molecule has 0 aliphatic heterocycles. The van der Waals surface area contributed by atoms with Crippen molar-refractivity contribution in [3.05, 3.63) is 60.5 Å². The average Bonchev–Trinajstić information content (AvgIpc) is 2.97. The largest absolute Gasteiger partial charge is 0.436 e. The van der Waals surface area contributed by atoms with Gasteiger partial charge in [-0.05, 0) is 36.4 Å². The minimum Gasteiger partial charge on any atom is -0.436 e. The topological polar surface area (TPSA) is 29.3 Å². The highest BCUT2D eigenvalue weighted by atomic mass is 19.1. The zero-order valence-corrected chi connectivity index (χ0v) is 11.9. The summed E-state index contributed by atoms with van der Waals surface area (Å²) in [6.07, 6.45) is 1.55. The molecule has 0 fully saturated rings. The van der Waals surface area contributed by atoms with Gasteiger partial charge < -0.3 is 9.32 Å². The Morgan fingerprint density at radius 2 is 1.71 bits per heavy atom. The van der Waals surface area contributed by atoms with Gasteiger partial charge in [-0.1, -0.05) is 12.1 Å². The Kier molecular flexibility index (Phi) is 3.44. The van der Waals surface area contributed by atoms with Gasteiger partial charge in [0.2, 0.25) is 5.89 Å². The van der Waals surface area contributed by atoms with Crippen molar-refractivity contribution < 1.29 is 8.81 Å². The molecule has 2 aromatic carbocycles. The van der Waals surface area contributed by atoms with Crippen molar-refractivity contribution in [1.29, 1.82) is 0 Å². The fraction of sp³-hybridized carbons (Fsp3) is 0.118. The van der Waals surface area contributed by atoms with Crippen LogP contribution in [0.25, 0.3) is 22.8 Å². The number of aromatic nitrogens is 1. The maximum Gasteiger partial charge on any atom is 0.226 e. The molecular weight excluding hydrogens is 267 g/mol. The molecule has 3 nitrogen and oxygen atoms in total. The van der Waals surface area contributed by atoms with Crippen molar-refractivity contribution in [2.24, 2.45) is 0 Å². The van der Waals surface area contributed by atoms with Crippen molar-refractivity contribution in [2.45, 2.75) is 0 Å². The van der Waals surface area contributed by atoms with Crippen LogP contribution in [0.3, 0.4) is 0 Å². The normalized spacial score (nSPS) is 10.6. The summed E-state index contributed by atoms with van der Waals surface area (Å²) >= 11 is 0. The molecule has 0 bridgehead atoms. The molecule has 0 aliphatic carbocycles. The first-order chi connectivity index (χ1) is 10.1. The standard InChI is InChI=1S/C17H15FN2O/c1-20(2)13-9-7-12(8-10-13)17-19-11-16(21-17)14-5-3-4-6-15(14)18/h3-11H,1-2H3. The zero-order valence-electron chi connectivity index (χ0n) is 11.9. The lowest BCUT2D eigenvalue weighted by Gasteiger charge is -2.11. The second kappa shape index (κ2) is 5.40. The van der Waals surface area contributed by atoms with Crippen molar-refractivity contribution in [3.8, 4) is 22.8 Å². The van der Waals surface area contributed by atoms with Gasteiger partial charge in [0.25, 0.3) is 0 Å². The number of hydrogen-bond donors (Lipinski definition) is 0. The Morgan fingerprint density at radius 1 is 1.00 bits per heavy atom. The molecule has 0 atom stereocenters. The lowest BCUT2D eigenvalue weighted by Crippen LogP contribution is -2.07. The summed E-state index contributed by atoms with van der Waals surface area (Å²) in [7, 11) is 3.97. The van der Waals surface area contributed by atoms with Crippen LogP contribution in [0.2, 0.25) is 0 Å². The number of oxazole rings is 1. The highest BCUT2D eigenvalue weighted by Crippen LogP contribution is 2.28. The summed E-state index contributed by atoms with van der Waals surface area (Å²) in [4.78, 5) is 6.25. The number of benzene rings is 2. The van der Waals surface area contributed by atoms with Gasteiger partial charge >= 0.3 is 0 Å². The molecule has 106 valence electrons. The van der Waals surface area contributed by atoms with Crippen LogP contribution in [0.4, 0.5) is 10.1 Å². The molecule has 4 heteroatoms. The van der Waals surface area contributed by atoms with Gasteiger partial charge in [-0.3, -0.25) is 0 Å². The molecule has 0 spiro atoms. The van der Waals surface area contributed by atoms with Crippen molar-refractivity contribution in [1.82, 2.24) is 4.98 Å². The van der Waals surface area contributed by atoms with Gasteiger partial charge in [0.15, 0.2) is 5.76 Å². The molecule has 0 N–H and O–H groups in total. The second-order valence-corrected chi connectivity index (χ2v) is 4.95. The van der Waals surface area contributed by atoms with E-state index in [0.717, 1.165) is 11.3 Å². The van der Waals surface area contributed by atoms with E-state index in [2.05, 4.69) is 4.98 Å². The SMILES string of the molecule is CN(C)c1ccc(-c2ncc(-c3ccccc3F)o2)cc1. The predicted molar refractivity (Wildman–Crippen MR) is 81.7 cm³/mol. The molecule has 0 saturated carbocycles. The molecule has 21 heavy (non-hydrogen) atoms. The fourth-order valence-corrected chi connectivity index (χ4v) is 2.10. The zero-order chi connectivity index (χ0) is 14.8. The molecule has 0 amide bonds. The number of halogens is 1. The maximum absolute atomic E-state index is 13.7. The lowest BCUT2D eigenvalue weighted by molar-refractivity contribution is 0.575. The highest BCUT2D eigenvalue weighted by Gasteiger charge is 2.11. The van der Waals surface area contributed by atoms with Crippen LogP contribution in [0.15, 0.2) is 59.1 Å². The Morgan fingerprint density at radius 3 is 2.38 bits per heavy atom. The number of nitrogens with zero attached hydrogens (tertiary/aromatic N) is 2. The van der Waals surface area contributed by atoms with Gasteiger partial charge in [0, 0.05) is 25.3 Å². The summed E-state index contributed by atoms with van der Waals surface area (Å²) in [6, 6.07) is 14.4. The summed E-state index contributed by atoms with van der Waals surface area (Å²) in [5.41, 5.74) is 2.38. The Bertz CT molecular complexity index is 747. The van der Waals surface area contributed by atoms with Crippen LogP contribution >= 0.6 is 0 Å². The van der Waals surface area contributed by atoms with E-state index in [4.69, 9.17) is 4.42 Å². The number of anilines is 1. The van der Waals surface area contributed by atoms with E-state index in [9.17, 15) is 4.39 Å². The molecule has 0 radical (unpaired) electrons. The van der Waals surface area contributed by atoms with E-state index < -0.39 is 0 Å². The summed E-state index contributed by atoms with van der Waals surface area (Å²) in [5, 5.41) is 0. The van der Waals surface area contributed by atoms with Crippen LogP contribution in [-0.4, -0.2) is 19.1 Å². The Labute approximate surface area is 122 Å². The maximum atomic E-state index is 13.7. The van der Waals surface area contributed by atoms with Gasteiger partial charge in [-0.25, -0.2) is 9.37 Å². The third-order valence-electron chi connectivity index (χ3n) is 3.28. The molecule has 3 aromatic rings. The summed E-state index contributed by atoms with van der Waals surface area (Å²) < 4.78 is 19.4. The van der Waals surface area contributed by atoms with E-state index in [-0.39, 0.29) is 5.82 Å². The first-order valence-corrected chi connectivity index (χ1v) is 6.63. The van der Waals surface area contributed by atoms with Crippen molar-refractivity contribution in [3.63, 3.8) is 0 Å². The minimum absolute atomic E-state index is 0.317. The quantitative estimate of drug-likeness (QED) is 0.720. The molecule has 1 aromatic heterocycles. The smallest absolute Gasteiger partial charge is 0.226 e. The van der Waals surface area contributed by atoms with Gasteiger partial charge in [0.1, 0.15) is 5.82 Å². The first kappa shape index (κ1) is 13.4. The van der Waals surface area contributed by atoms with Crippen molar-refractivity contribution >= 4 is 5.69 Å². The molecule has 0 aliphatic rings. The van der Waals surface area contributed by atoms with Crippen LogP contribution in [0.5, 0.6) is 0 Å². The van der Waals surface area contributed by atoms with Gasteiger partial charge in [-0.2, -0.15) is 0 Å². The monoisotopic (exact) mass is 282 g/mol. The first-order valence-electron chi connectivity index (χ1n) is 6.63. The lowest BCUT2D eigenvalue weighted by atomic mass is 10.2. The highest BCUT2D eigenvalue weighted by molar-refractivity contribution is 5.63. The van der Waals surface area contributed by atoms with Crippen LogP contribution < -0.4 is 4.90 Å². The minimum atomic E-state index is -0.317. The van der Waals surface area contributed by atoms with E-state index in [1.165, 1.54) is 6.07 Å². The van der Waals surface area contributed by atoms with E-state index in [0.29, 0.717) is 17.2 Å². The van der Waals surface area contributed by atoms with Crippen LogP contribution in [0, 0.1) is 5.82 Å². The van der Waals surface area contributed by atoms with Crippen molar-refractivity contribution in [2.75, 3.05) is 19.0 Å². The van der Waals surface area contributed by atoms with Crippen LogP contribution in [0.1, 0.15) is 0 Å². The predicted octanol–water partition coefficient (Wildman–Crippen LogP) is 4.21. The summed E-state index contributed by atoms with van der Waals surface area (Å²) in [5.74, 6) is 0.599. The Hall–Kier alpha value is -2.62. The third kappa shape index (κ3) is 2.65. The summed E-state index contributed by atoms with van der Waals surface area (Å²) in [6.45, 7) is 0. The molecule has 0 unspecified atom stereocenters. The number of rotatable bonds is 3. The molecule has 0 saturated heterocycles. The van der Waals surface area contributed by atoms with E-state index in [1.54, 1.807) is 24.4 Å². The van der Waals surface area contributed by atoms with Gasteiger partial charge in [0.05, 0.1) is 11.8 Å². The average molecular weight is 282 g/mol. The van der Waals surface area contributed by atoms with E-state index >= 15 is 0 Å².